The molecule has 0 aliphatic heterocycles. The summed E-state index contributed by atoms with van der Waals surface area (Å²) in [6, 6.07) is 0. The van der Waals surface area contributed by atoms with Crippen LogP contribution in [0.3, 0.4) is 0 Å². The molecule has 0 rings (SSSR count). The molecule has 0 aromatic heterocycles. The van der Waals surface area contributed by atoms with Crippen LogP contribution in [0.5, 0.6) is 0 Å². The zero-order valence-corrected chi connectivity index (χ0v) is 7.26. The molecular weight excluding hydrogens is 154 g/mol. The van der Waals surface area contributed by atoms with E-state index in [0.717, 1.165) is 11.0 Å². The van der Waals surface area contributed by atoms with Crippen molar-refractivity contribution in [3.8, 4) is 0 Å². The first kappa shape index (κ1) is 9.17. The molecule has 0 fully saturated rings. The lowest BCUT2D eigenvalue weighted by Gasteiger charge is -2.01. The van der Waals surface area contributed by atoms with Gasteiger partial charge in [-0.25, -0.2) is 0 Å². The minimum atomic E-state index is 0.0463. The Kier molecular flexibility index (Phi) is 5.09. The number of thiol groups is 1. The van der Waals surface area contributed by atoms with E-state index in [9.17, 15) is 4.79 Å². The van der Waals surface area contributed by atoms with E-state index in [1.807, 2.05) is 13.8 Å². The predicted molar refractivity (Wildman–Crippen MR) is 44.2 cm³/mol. The average molecular weight is 165 g/mol. The Bertz CT molecular complexity index is 95.0. The number of hydrogen-bond donors (Lipinski definition) is 2. The van der Waals surface area contributed by atoms with Crippen LogP contribution in [0.15, 0.2) is 0 Å². The molecule has 2 nitrogen and oxygen atoms in total. The molecule has 4 heteroatoms. The van der Waals surface area contributed by atoms with E-state index in [1.165, 1.54) is 0 Å². The van der Waals surface area contributed by atoms with Crippen LogP contribution < -0.4 is 4.72 Å². The topological polar surface area (TPSA) is 29.1 Å². The van der Waals surface area contributed by atoms with E-state index >= 15 is 0 Å². The van der Waals surface area contributed by atoms with Crippen LogP contribution in [0.2, 0.25) is 0 Å². The van der Waals surface area contributed by atoms with Gasteiger partial charge in [0.25, 0.3) is 0 Å². The smallest absolute Gasteiger partial charge is 0.230 e. The molecule has 0 aliphatic rings. The number of amides is 1. The molecule has 0 saturated carbocycles. The summed E-state index contributed by atoms with van der Waals surface area (Å²) in [5.41, 5.74) is 0. The average Bonchev–Trinajstić information content (AvgIpc) is 1.63. The largest absolute Gasteiger partial charge is 0.291 e. The van der Waals surface area contributed by atoms with Crippen LogP contribution in [0.4, 0.5) is 0 Å². The lowest BCUT2D eigenvalue weighted by Crippen LogP contribution is -2.15. The van der Waals surface area contributed by atoms with Crippen molar-refractivity contribution in [3.63, 3.8) is 0 Å². The molecule has 0 aliphatic carbocycles. The van der Waals surface area contributed by atoms with Gasteiger partial charge >= 0.3 is 0 Å². The third kappa shape index (κ3) is 6.05. The number of carbonyl (C=O) groups is 1. The standard InChI is InChI=1S/C5H11NOS2/c1-4(2)3-5(7)6-9-8/h4,8H,3H2,1-2H3,(H,6,7). The van der Waals surface area contributed by atoms with E-state index in [4.69, 9.17) is 0 Å². The number of hydrogen-bond acceptors (Lipinski definition) is 3. The van der Waals surface area contributed by atoms with Crippen molar-refractivity contribution in [1.29, 1.82) is 0 Å². The quantitative estimate of drug-likeness (QED) is 0.378. The highest BCUT2D eigenvalue weighted by atomic mass is 33.1. The molecule has 0 aromatic carbocycles. The maximum atomic E-state index is 10.7. The van der Waals surface area contributed by atoms with Crippen LogP contribution in [-0.2, 0) is 4.79 Å². The fourth-order valence-corrected chi connectivity index (χ4v) is 0.954. The third-order valence-electron chi connectivity index (χ3n) is 0.753. The van der Waals surface area contributed by atoms with Crippen LogP contribution >= 0.6 is 22.6 Å². The van der Waals surface area contributed by atoms with Crippen molar-refractivity contribution in [2.45, 2.75) is 20.3 Å². The Morgan fingerprint density at radius 3 is 2.67 bits per heavy atom. The second-order valence-corrected chi connectivity index (χ2v) is 3.15. The highest BCUT2D eigenvalue weighted by Gasteiger charge is 2.01. The van der Waals surface area contributed by atoms with Gasteiger partial charge in [-0.15, -0.1) is 0 Å². The molecule has 0 saturated heterocycles. The summed E-state index contributed by atoms with van der Waals surface area (Å²) in [4.78, 5) is 10.7. The maximum absolute atomic E-state index is 10.7. The van der Waals surface area contributed by atoms with Gasteiger partial charge in [0.15, 0.2) is 0 Å². The van der Waals surface area contributed by atoms with Gasteiger partial charge in [0.05, 0.1) is 0 Å². The van der Waals surface area contributed by atoms with Crippen LogP contribution in [0, 0.1) is 5.92 Å². The van der Waals surface area contributed by atoms with E-state index in [2.05, 4.69) is 16.4 Å². The van der Waals surface area contributed by atoms with Crippen molar-refractivity contribution in [2.24, 2.45) is 5.92 Å². The second kappa shape index (κ2) is 4.99. The first-order chi connectivity index (χ1) is 4.16. The maximum Gasteiger partial charge on any atom is 0.230 e. The van der Waals surface area contributed by atoms with E-state index in [1.54, 1.807) is 0 Å². The predicted octanol–water partition coefficient (Wildman–Crippen LogP) is 1.64. The van der Waals surface area contributed by atoms with Crippen molar-refractivity contribution in [3.05, 3.63) is 0 Å². The molecular formula is C5H11NOS2. The lowest BCUT2D eigenvalue weighted by molar-refractivity contribution is -0.119. The van der Waals surface area contributed by atoms with Gasteiger partial charge in [-0.2, -0.15) is 0 Å². The number of nitrogens with one attached hydrogen (secondary N) is 1. The summed E-state index contributed by atoms with van der Waals surface area (Å²) in [6.45, 7) is 4.01. The SMILES string of the molecule is CC(C)CC(=O)NSS. The Morgan fingerprint density at radius 2 is 2.33 bits per heavy atom. The van der Waals surface area contributed by atoms with E-state index < -0.39 is 0 Å². The number of rotatable bonds is 3. The van der Waals surface area contributed by atoms with Crippen LogP contribution in [0.25, 0.3) is 0 Å². The zero-order valence-electron chi connectivity index (χ0n) is 5.55. The molecule has 0 atom stereocenters. The monoisotopic (exact) mass is 165 g/mol. The lowest BCUT2D eigenvalue weighted by atomic mass is 10.1. The fraction of sp³-hybridized carbons (Fsp3) is 0.800. The Morgan fingerprint density at radius 1 is 1.78 bits per heavy atom. The molecule has 1 N–H and O–H groups in total. The highest BCUT2D eigenvalue weighted by molar-refractivity contribution is 8.68. The summed E-state index contributed by atoms with van der Waals surface area (Å²) in [5, 5.41) is 0. The minimum Gasteiger partial charge on any atom is -0.291 e. The molecule has 0 heterocycles. The normalized spacial score (nSPS) is 9.78. The van der Waals surface area contributed by atoms with Crippen molar-refractivity contribution in [2.75, 3.05) is 0 Å². The summed E-state index contributed by atoms with van der Waals surface area (Å²) in [5.74, 6) is 0.468. The molecule has 0 radical (unpaired) electrons. The molecule has 54 valence electrons. The Hall–Kier alpha value is 0.170. The second-order valence-electron chi connectivity index (χ2n) is 2.21. The summed E-state index contributed by atoms with van der Waals surface area (Å²) < 4.78 is 2.52. The van der Waals surface area contributed by atoms with Gasteiger partial charge in [-0.05, 0) is 5.92 Å². The van der Waals surface area contributed by atoms with Gasteiger partial charge < -0.3 is 0 Å². The summed E-state index contributed by atoms with van der Waals surface area (Å²) in [7, 11) is 1.05. The Labute approximate surface area is 64.7 Å². The fourth-order valence-electron chi connectivity index (χ4n) is 0.463. The van der Waals surface area contributed by atoms with Gasteiger partial charge in [-0.1, -0.05) is 25.5 Å². The first-order valence-electron chi connectivity index (χ1n) is 2.76. The van der Waals surface area contributed by atoms with Gasteiger partial charge in [0.1, 0.15) is 0 Å². The van der Waals surface area contributed by atoms with Gasteiger partial charge in [-0.3, -0.25) is 9.52 Å². The molecule has 0 unspecified atom stereocenters. The van der Waals surface area contributed by atoms with Crippen molar-refractivity contribution in [1.82, 2.24) is 4.72 Å². The zero-order chi connectivity index (χ0) is 7.28. The highest BCUT2D eigenvalue weighted by Crippen LogP contribution is 2.02. The van der Waals surface area contributed by atoms with Crippen molar-refractivity contribution < 1.29 is 4.79 Å². The molecule has 0 aromatic rings. The first-order valence-corrected chi connectivity index (χ1v) is 4.63. The van der Waals surface area contributed by atoms with Crippen LogP contribution in [-0.4, -0.2) is 5.91 Å². The van der Waals surface area contributed by atoms with Crippen LogP contribution in [0.1, 0.15) is 20.3 Å². The minimum absolute atomic E-state index is 0.0463. The third-order valence-corrected chi connectivity index (χ3v) is 1.35. The van der Waals surface area contributed by atoms with Gasteiger partial charge in [0, 0.05) is 17.4 Å². The van der Waals surface area contributed by atoms with E-state index in [-0.39, 0.29) is 5.91 Å². The molecule has 9 heavy (non-hydrogen) atoms. The molecule has 0 spiro atoms. The Balaban J connectivity index is 3.27. The summed E-state index contributed by atoms with van der Waals surface area (Å²) >= 11 is 3.77. The summed E-state index contributed by atoms with van der Waals surface area (Å²) in [6.07, 6.45) is 0.577. The number of carbonyl (C=O) groups excluding carboxylic acids is 1. The van der Waals surface area contributed by atoms with E-state index in [0.29, 0.717) is 12.3 Å². The molecule has 1 amide bonds. The van der Waals surface area contributed by atoms with Gasteiger partial charge in [0.2, 0.25) is 5.91 Å². The molecule has 0 bridgehead atoms. The van der Waals surface area contributed by atoms with Crippen molar-refractivity contribution >= 4 is 28.5 Å².